The summed E-state index contributed by atoms with van der Waals surface area (Å²) in [6.45, 7) is 4.71. The molecule has 1 unspecified atom stereocenters. The molecule has 0 bridgehead atoms. The van der Waals surface area contributed by atoms with Crippen LogP contribution in [0.5, 0.6) is 0 Å². The fraction of sp³-hybridized carbons (Fsp3) is 0.417. The molecule has 1 heterocycles. The molecule has 3 aromatic rings. The SMILES string of the molecule is CONCc1ccc2c(c1)CCc1cc(C)ccc1C2(C[C@H](C)N)c1nc(=O)on1C. The highest BCUT2D eigenvalue weighted by Crippen LogP contribution is 2.47. The third-order valence-electron chi connectivity index (χ3n) is 6.15. The van der Waals surface area contributed by atoms with E-state index in [0.717, 1.165) is 29.5 Å². The minimum Gasteiger partial charge on any atom is -0.328 e. The van der Waals surface area contributed by atoms with Crippen molar-refractivity contribution in [3.63, 3.8) is 0 Å². The van der Waals surface area contributed by atoms with E-state index >= 15 is 0 Å². The van der Waals surface area contributed by atoms with Gasteiger partial charge in [-0.25, -0.2) is 4.79 Å². The van der Waals surface area contributed by atoms with Gasteiger partial charge in [0.05, 0.1) is 12.5 Å². The quantitative estimate of drug-likeness (QED) is 0.593. The van der Waals surface area contributed by atoms with Gasteiger partial charge in [0, 0.05) is 19.6 Å². The minimum atomic E-state index is -0.683. The molecule has 7 heteroatoms. The molecule has 1 aliphatic carbocycles. The Morgan fingerprint density at radius 3 is 2.52 bits per heavy atom. The molecule has 0 amide bonds. The molecule has 0 spiro atoms. The largest absolute Gasteiger partial charge is 0.459 e. The summed E-state index contributed by atoms with van der Waals surface area (Å²) in [6, 6.07) is 12.9. The number of nitrogens with one attached hydrogen (secondary N) is 1. The zero-order valence-electron chi connectivity index (χ0n) is 18.6. The lowest BCUT2D eigenvalue weighted by molar-refractivity contribution is 0.0867. The summed E-state index contributed by atoms with van der Waals surface area (Å²) in [7, 11) is 3.35. The minimum absolute atomic E-state index is 0.123. The summed E-state index contributed by atoms with van der Waals surface area (Å²) >= 11 is 0. The van der Waals surface area contributed by atoms with Crippen molar-refractivity contribution in [2.24, 2.45) is 12.8 Å². The van der Waals surface area contributed by atoms with E-state index < -0.39 is 11.2 Å². The second kappa shape index (κ2) is 8.42. The molecule has 7 nitrogen and oxygen atoms in total. The number of nitrogens with two attached hydrogens (primary N) is 1. The first-order valence-corrected chi connectivity index (χ1v) is 10.6. The Balaban J connectivity index is 2.05. The van der Waals surface area contributed by atoms with Gasteiger partial charge in [-0.2, -0.15) is 15.2 Å². The zero-order chi connectivity index (χ0) is 22.2. The van der Waals surface area contributed by atoms with E-state index in [1.807, 2.05) is 6.92 Å². The van der Waals surface area contributed by atoms with Gasteiger partial charge >= 0.3 is 5.76 Å². The number of hydroxylamine groups is 1. The second-order valence-electron chi connectivity index (χ2n) is 8.55. The maximum atomic E-state index is 12.2. The number of hydrogen-bond acceptors (Lipinski definition) is 6. The number of fused-ring (bicyclic) bond motifs is 2. The van der Waals surface area contributed by atoms with Gasteiger partial charge in [0.2, 0.25) is 0 Å². The molecule has 0 saturated heterocycles. The molecule has 4 rings (SSSR count). The van der Waals surface area contributed by atoms with Gasteiger partial charge in [0.1, 0.15) is 0 Å². The maximum Gasteiger partial charge on any atom is 0.459 e. The molecular weight excluding hydrogens is 392 g/mol. The van der Waals surface area contributed by atoms with Crippen LogP contribution in [0, 0.1) is 6.92 Å². The molecule has 1 aromatic heterocycles. The Labute approximate surface area is 182 Å². The third kappa shape index (κ3) is 3.84. The molecule has 0 saturated carbocycles. The number of rotatable bonds is 6. The van der Waals surface area contributed by atoms with E-state index in [1.54, 1.807) is 14.2 Å². The van der Waals surface area contributed by atoms with Gasteiger partial charge in [0.15, 0.2) is 5.82 Å². The Kier molecular flexibility index (Phi) is 5.83. The number of benzene rings is 2. The summed E-state index contributed by atoms with van der Waals surface area (Å²) < 4.78 is 6.83. The lowest BCUT2D eigenvalue weighted by Crippen LogP contribution is -2.39. The second-order valence-corrected chi connectivity index (χ2v) is 8.55. The molecule has 2 aromatic carbocycles. The van der Waals surface area contributed by atoms with Gasteiger partial charge in [-0.1, -0.05) is 42.0 Å². The van der Waals surface area contributed by atoms with E-state index in [4.69, 9.17) is 15.1 Å². The first-order valence-electron chi connectivity index (χ1n) is 10.6. The van der Waals surface area contributed by atoms with Crippen molar-refractivity contribution in [2.45, 2.75) is 51.1 Å². The summed E-state index contributed by atoms with van der Waals surface area (Å²) in [5.41, 5.74) is 15.7. The van der Waals surface area contributed by atoms with E-state index in [2.05, 4.69) is 53.8 Å². The van der Waals surface area contributed by atoms with Crippen molar-refractivity contribution >= 4 is 0 Å². The van der Waals surface area contributed by atoms with Gasteiger partial charge < -0.3 is 15.1 Å². The van der Waals surface area contributed by atoms with Gasteiger partial charge in [-0.15, -0.1) is 0 Å². The summed E-state index contributed by atoms with van der Waals surface area (Å²) in [4.78, 5) is 21.5. The van der Waals surface area contributed by atoms with E-state index in [-0.39, 0.29) is 6.04 Å². The van der Waals surface area contributed by atoms with Crippen LogP contribution in [0.1, 0.15) is 52.5 Å². The van der Waals surface area contributed by atoms with Gasteiger partial charge in [0.25, 0.3) is 0 Å². The molecule has 0 aliphatic heterocycles. The van der Waals surface area contributed by atoms with Crippen LogP contribution in [-0.2, 0) is 36.7 Å². The van der Waals surface area contributed by atoms with Crippen molar-refractivity contribution in [2.75, 3.05) is 7.11 Å². The number of aryl methyl sites for hydroxylation is 4. The average molecular weight is 423 g/mol. The number of hydrogen-bond donors (Lipinski definition) is 2. The van der Waals surface area contributed by atoms with Crippen LogP contribution >= 0.6 is 0 Å². The maximum absolute atomic E-state index is 12.2. The normalized spacial score (nSPS) is 18.9. The number of aromatic nitrogens is 2. The highest BCUT2D eigenvalue weighted by molar-refractivity contribution is 5.56. The van der Waals surface area contributed by atoms with Crippen LogP contribution in [0.25, 0.3) is 0 Å². The summed E-state index contributed by atoms with van der Waals surface area (Å²) in [6.07, 6.45) is 2.39. The Morgan fingerprint density at radius 2 is 1.90 bits per heavy atom. The lowest BCUT2D eigenvalue weighted by atomic mass is 9.68. The lowest BCUT2D eigenvalue weighted by Gasteiger charge is -2.36. The van der Waals surface area contributed by atoms with Crippen molar-refractivity contribution in [3.05, 3.63) is 86.2 Å². The van der Waals surface area contributed by atoms with Crippen LogP contribution in [0.3, 0.4) is 0 Å². The van der Waals surface area contributed by atoms with E-state index in [1.165, 1.54) is 21.4 Å². The van der Waals surface area contributed by atoms with Crippen LogP contribution in [0.2, 0.25) is 0 Å². The summed E-state index contributed by atoms with van der Waals surface area (Å²) in [5, 5.41) is 0. The molecule has 3 N–H and O–H groups in total. The van der Waals surface area contributed by atoms with E-state index in [0.29, 0.717) is 18.8 Å². The average Bonchev–Trinajstić information content (AvgIpc) is 3.01. The van der Waals surface area contributed by atoms with Crippen molar-refractivity contribution in [3.8, 4) is 0 Å². The molecule has 0 radical (unpaired) electrons. The predicted molar refractivity (Wildman–Crippen MR) is 119 cm³/mol. The van der Waals surface area contributed by atoms with Crippen molar-refractivity contribution in [1.82, 2.24) is 15.2 Å². The van der Waals surface area contributed by atoms with Gasteiger partial charge in [-0.3, -0.25) is 0 Å². The first kappa shape index (κ1) is 21.5. The Hall–Kier alpha value is -2.74. The molecule has 31 heavy (non-hydrogen) atoms. The Bertz CT molecular complexity index is 1150. The fourth-order valence-electron chi connectivity index (χ4n) is 5.03. The van der Waals surface area contributed by atoms with Crippen LogP contribution < -0.4 is 17.0 Å². The first-order chi connectivity index (χ1) is 14.8. The standard InChI is InChI=1S/C24H30N4O3/c1-15-5-9-20-18(11-15)7-8-19-12-17(14-26-30-4)6-10-21(19)24(20,13-16(2)25)22-27-23(29)31-28(22)3/h5-6,9-12,16,26H,7-8,13-14,25H2,1-4H3/t16-,24?/m0/s1. The number of nitrogens with zero attached hydrogens (tertiary/aromatic N) is 2. The third-order valence-corrected chi connectivity index (χ3v) is 6.15. The van der Waals surface area contributed by atoms with Crippen LogP contribution in [-0.4, -0.2) is 22.9 Å². The van der Waals surface area contributed by atoms with Crippen molar-refractivity contribution < 1.29 is 9.36 Å². The van der Waals surface area contributed by atoms with E-state index in [9.17, 15) is 4.79 Å². The summed E-state index contributed by atoms with van der Waals surface area (Å²) in [5.74, 6) is -0.00672. The molecular formula is C24H30N4O3. The topological polar surface area (TPSA) is 95.3 Å². The molecule has 1 aliphatic rings. The Morgan fingerprint density at radius 1 is 1.23 bits per heavy atom. The molecule has 2 atom stereocenters. The molecule has 0 fully saturated rings. The smallest absolute Gasteiger partial charge is 0.328 e. The van der Waals surface area contributed by atoms with Crippen molar-refractivity contribution in [1.29, 1.82) is 0 Å². The predicted octanol–water partition coefficient (Wildman–Crippen LogP) is 2.50. The highest BCUT2D eigenvalue weighted by atomic mass is 16.6. The monoisotopic (exact) mass is 422 g/mol. The van der Waals surface area contributed by atoms with Crippen LogP contribution in [0.15, 0.2) is 45.7 Å². The van der Waals surface area contributed by atoms with Gasteiger partial charge in [-0.05, 0) is 60.9 Å². The highest BCUT2D eigenvalue weighted by Gasteiger charge is 2.45. The fourth-order valence-corrected chi connectivity index (χ4v) is 5.03. The molecule has 164 valence electrons. The van der Waals surface area contributed by atoms with Crippen LogP contribution in [0.4, 0.5) is 0 Å². The zero-order valence-corrected chi connectivity index (χ0v) is 18.6.